The first kappa shape index (κ1) is 18.4. The predicted octanol–water partition coefficient (Wildman–Crippen LogP) is 1.79. The van der Waals surface area contributed by atoms with Gasteiger partial charge in [0.2, 0.25) is 0 Å². The zero-order valence-electron chi connectivity index (χ0n) is 9.74. The van der Waals surface area contributed by atoms with Crippen molar-refractivity contribution in [2.75, 3.05) is 18.6 Å². The maximum atomic E-state index is 12.9. The molecule has 0 aromatic carbocycles. The van der Waals surface area contributed by atoms with Gasteiger partial charge in [-0.1, -0.05) is 0 Å². The van der Waals surface area contributed by atoms with Gasteiger partial charge in [0, 0.05) is 5.75 Å². The van der Waals surface area contributed by atoms with Crippen LogP contribution in [-0.4, -0.2) is 48.7 Å². The van der Waals surface area contributed by atoms with E-state index in [9.17, 15) is 30.8 Å². The molecule has 0 fully saturated rings. The fourth-order valence-corrected chi connectivity index (χ4v) is 1.74. The molecular weight excluding hydrogens is 316 g/mol. The average molecular weight is 328 g/mol. The highest BCUT2D eigenvalue weighted by Crippen LogP contribution is 2.40. The molecule has 0 atom stereocenters. The molecule has 0 spiro atoms. The lowest BCUT2D eigenvalue weighted by Crippen LogP contribution is -2.47. The number of alkyl halides is 4. The van der Waals surface area contributed by atoms with Crippen LogP contribution in [-0.2, 0) is 19.6 Å². The number of hydrogen-bond acceptors (Lipinski definition) is 5. The van der Waals surface area contributed by atoms with Gasteiger partial charge in [-0.2, -0.15) is 37.7 Å². The predicted molar refractivity (Wildman–Crippen MR) is 60.0 cm³/mol. The fourth-order valence-electron chi connectivity index (χ4n) is 0.885. The molecule has 0 bridgehead atoms. The third-order valence-electron chi connectivity index (χ3n) is 1.94. The normalized spacial score (nSPS) is 13.4. The van der Waals surface area contributed by atoms with E-state index in [4.69, 9.17) is 4.55 Å². The third-order valence-corrected chi connectivity index (χ3v) is 3.50. The van der Waals surface area contributed by atoms with Crippen LogP contribution in [0.15, 0.2) is 0 Å². The number of rotatable bonds is 8. The Labute approximate surface area is 111 Å². The standard InChI is InChI=1S/C8H12F4O5S2/c1-18-5-2-6(13)17-4-3-7(9,10)8(11,12)19(14,15)16/h2-5H2,1H3,(H,14,15,16). The first-order valence-electron chi connectivity index (χ1n) is 4.83. The molecule has 11 heteroatoms. The summed E-state index contributed by atoms with van der Waals surface area (Å²) >= 11 is 1.30. The largest absolute Gasteiger partial charge is 0.465 e. The van der Waals surface area contributed by atoms with Crippen molar-refractivity contribution < 1.29 is 40.1 Å². The molecule has 0 rings (SSSR count). The molecule has 0 amide bonds. The van der Waals surface area contributed by atoms with Crippen molar-refractivity contribution in [1.29, 1.82) is 0 Å². The van der Waals surface area contributed by atoms with E-state index in [1.54, 1.807) is 6.26 Å². The highest BCUT2D eigenvalue weighted by molar-refractivity contribution is 7.98. The van der Waals surface area contributed by atoms with Crippen molar-refractivity contribution in [1.82, 2.24) is 0 Å². The van der Waals surface area contributed by atoms with E-state index in [1.807, 2.05) is 0 Å². The Morgan fingerprint density at radius 3 is 2.26 bits per heavy atom. The summed E-state index contributed by atoms with van der Waals surface area (Å²) in [5.41, 5.74) is 0. The van der Waals surface area contributed by atoms with Crippen molar-refractivity contribution >= 4 is 27.8 Å². The molecule has 1 N–H and O–H groups in total. The van der Waals surface area contributed by atoms with Gasteiger partial charge in [0.15, 0.2) is 0 Å². The van der Waals surface area contributed by atoms with Crippen LogP contribution < -0.4 is 0 Å². The summed E-state index contributed by atoms with van der Waals surface area (Å²) in [5, 5.41) is -5.63. The van der Waals surface area contributed by atoms with Crippen molar-refractivity contribution in [2.24, 2.45) is 0 Å². The van der Waals surface area contributed by atoms with Crippen LogP contribution in [0.4, 0.5) is 17.6 Å². The van der Waals surface area contributed by atoms with E-state index in [0.29, 0.717) is 5.75 Å². The van der Waals surface area contributed by atoms with Crippen LogP contribution in [0, 0.1) is 0 Å². The minimum absolute atomic E-state index is 0.0819. The Kier molecular flexibility index (Phi) is 6.55. The van der Waals surface area contributed by atoms with E-state index >= 15 is 0 Å². The topological polar surface area (TPSA) is 80.7 Å². The number of ether oxygens (including phenoxy) is 1. The summed E-state index contributed by atoms with van der Waals surface area (Å²) < 4.78 is 83.8. The van der Waals surface area contributed by atoms with Gasteiger partial charge in [-0.15, -0.1) is 0 Å². The molecule has 0 aromatic rings. The van der Waals surface area contributed by atoms with Gasteiger partial charge in [0.1, 0.15) is 0 Å². The molecule has 0 aromatic heterocycles. The Balaban J connectivity index is 4.44. The molecule has 0 unspecified atom stereocenters. The first-order chi connectivity index (χ1) is 8.45. The second kappa shape index (κ2) is 6.75. The Bertz CT molecular complexity index is 409. The number of halogens is 4. The van der Waals surface area contributed by atoms with Crippen molar-refractivity contribution in [3.63, 3.8) is 0 Å². The lowest BCUT2D eigenvalue weighted by molar-refractivity contribution is -0.174. The van der Waals surface area contributed by atoms with Crippen LogP contribution in [0.25, 0.3) is 0 Å². The van der Waals surface area contributed by atoms with Gasteiger partial charge < -0.3 is 4.74 Å². The second-order valence-corrected chi connectivity index (χ2v) is 5.86. The molecule has 0 aliphatic heterocycles. The van der Waals surface area contributed by atoms with E-state index in [2.05, 4.69) is 4.74 Å². The monoisotopic (exact) mass is 328 g/mol. The minimum atomic E-state index is -6.25. The van der Waals surface area contributed by atoms with Gasteiger partial charge in [-0.25, -0.2) is 0 Å². The van der Waals surface area contributed by atoms with Gasteiger partial charge in [-0.05, 0) is 6.26 Å². The number of esters is 1. The highest BCUT2D eigenvalue weighted by atomic mass is 32.2. The van der Waals surface area contributed by atoms with Gasteiger partial charge >= 0.3 is 27.3 Å². The lowest BCUT2D eigenvalue weighted by atomic mass is 10.2. The third kappa shape index (κ3) is 5.15. The Hall–Kier alpha value is -0.550. The van der Waals surface area contributed by atoms with E-state index in [1.165, 1.54) is 11.8 Å². The van der Waals surface area contributed by atoms with E-state index < -0.39 is 40.3 Å². The van der Waals surface area contributed by atoms with E-state index in [0.717, 1.165) is 0 Å². The molecule has 5 nitrogen and oxygen atoms in total. The average Bonchev–Trinajstić information content (AvgIpc) is 2.24. The molecular formula is C8H12F4O5S2. The summed E-state index contributed by atoms with van der Waals surface area (Å²) in [5.74, 6) is -5.53. The zero-order valence-corrected chi connectivity index (χ0v) is 11.4. The smallest absolute Gasteiger partial charge is 0.431 e. The van der Waals surface area contributed by atoms with Crippen LogP contribution in [0.3, 0.4) is 0 Å². The molecule has 114 valence electrons. The zero-order chi connectivity index (χ0) is 15.3. The summed E-state index contributed by atoms with van der Waals surface area (Å²) in [4.78, 5) is 10.9. The maximum absolute atomic E-state index is 12.9. The molecule has 19 heavy (non-hydrogen) atoms. The molecule has 0 heterocycles. The summed E-state index contributed by atoms with van der Waals surface area (Å²) in [7, 11) is -6.25. The number of carbonyl (C=O) groups is 1. The summed E-state index contributed by atoms with van der Waals surface area (Å²) in [6, 6.07) is 0. The molecule has 0 aliphatic rings. The van der Waals surface area contributed by atoms with Gasteiger partial charge in [0.05, 0.1) is 19.4 Å². The molecule has 0 saturated carbocycles. The number of thioether (sulfide) groups is 1. The van der Waals surface area contributed by atoms with Crippen molar-refractivity contribution in [2.45, 2.75) is 24.0 Å². The number of carbonyl (C=O) groups excluding carboxylic acids is 1. The SMILES string of the molecule is CSCCC(=O)OCCC(F)(F)C(F)(F)S(=O)(=O)O. The van der Waals surface area contributed by atoms with Crippen LogP contribution in [0.1, 0.15) is 12.8 Å². The maximum Gasteiger partial charge on any atom is 0.431 e. The minimum Gasteiger partial charge on any atom is -0.465 e. The second-order valence-electron chi connectivity index (χ2n) is 3.41. The van der Waals surface area contributed by atoms with Crippen molar-refractivity contribution in [3.8, 4) is 0 Å². The fraction of sp³-hybridized carbons (Fsp3) is 0.875. The Morgan fingerprint density at radius 1 is 1.32 bits per heavy atom. The first-order valence-corrected chi connectivity index (χ1v) is 7.66. The van der Waals surface area contributed by atoms with Crippen LogP contribution >= 0.6 is 11.8 Å². The summed E-state index contributed by atoms with van der Waals surface area (Å²) in [6.45, 7) is -1.08. The van der Waals surface area contributed by atoms with Gasteiger partial charge in [-0.3, -0.25) is 9.35 Å². The lowest BCUT2D eigenvalue weighted by Gasteiger charge is -2.23. The molecule has 0 aliphatic carbocycles. The molecule has 0 radical (unpaired) electrons. The van der Waals surface area contributed by atoms with E-state index in [-0.39, 0.29) is 6.42 Å². The molecule has 0 saturated heterocycles. The highest BCUT2D eigenvalue weighted by Gasteiger charge is 2.65. The Morgan fingerprint density at radius 2 is 1.84 bits per heavy atom. The van der Waals surface area contributed by atoms with Crippen molar-refractivity contribution in [3.05, 3.63) is 0 Å². The quantitative estimate of drug-likeness (QED) is 0.416. The summed E-state index contributed by atoms with van der Waals surface area (Å²) in [6.07, 6.45) is -0.111. The van der Waals surface area contributed by atoms with Crippen LogP contribution in [0.5, 0.6) is 0 Å². The van der Waals surface area contributed by atoms with Crippen LogP contribution in [0.2, 0.25) is 0 Å². The van der Waals surface area contributed by atoms with Gasteiger partial charge in [0.25, 0.3) is 0 Å². The number of hydrogen-bond donors (Lipinski definition) is 1.